The van der Waals surface area contributed by atoms with Crippen LogP contribution in [0, 0.1) is 0 Å². The summed E-state index contributed by atoms with van der Waals surface area (Å²) in [7, 11) is 1.65. The van der Waals surface area contributed by atoms with E-state index in [-0.39, 0.29) is 5.91 Å². The lowest BCUT2D eigenvalue weighted by molar-refractivity contribution is 0.0527. The van der Waals surface area contributed by atoms with E-state index in [2.05, 4.69) is 12.2 Å². The van der Waals surface area contributed by atoms with Gasteiger partial charge in [-0.1, -0.05) is 37.3 Å². The molecule has 1 heterocycles. The maximum atomic E-state index is 13.2. The number of amides is 1. The van der Waals surface area contributed by atoms with Crippen LogP contribution in [0.1, 0.15) is 36.2 Å². The first-order valence-corrected chi connectivity index (χ1v) is 9.02. The fourth-order valence-electron chi connectivity index (χ4n) is 3.45. The van der Waals surface area contributed by atoms with Crippen molar-refractivity contribution in [3.63, 3.8) is 0 Å². The predicted octanol–water partition coefficient (Wildman–Crippen LogP) is 3.86. The molecule has 1 amide bonds. The number of carbonyl (C=O) groups excluding carboxylic acids is 1. The average Bonchev–Trinajstić information content (AvgIpc) is 2.66. The lowest BCUT2D eigenvalue weighted by Crippen LogP contribution is -2.56. The molecule has 1 unspecified atom stereocenters. The molecule has 3 rings (SSSR count). The zero-order chi connectivity index (χ0) is 18.6. The third-order valence-corrected chi connectivity index (χ3v) is 4.72. The first kappa shape index (κ1) is 18.3. The highest BCUT2D eigenvalue weighted by atomic mass is 16.5. The Morgan fingerprint density at radius 2 is 1.81 bits per heavy atom. The highest BCUT2D eigenvalue weighted by Gasteiger charge is 2.43. The molecule has 0 bridgehead atoms. The van der Waals surface area contributed by atoms with Gasteiger partial charge in [0.05, 0.1) is 12.2 Å². The Bertz CT molecular complexity index is 777. The Kier molecular flexibility index (Phi) is 5.47. The van der Waals surface area contributed by atoms with Crippen molar-refractivity contribution in [1.82, 2.24) is 4.90 Å². The van der Waals surface area contributed by atoms with Crippen LogP contribution in [0.2, 0.25) is 0 Å². The zero-order valence-corrected chi connectivity index (χ0v) is 15.6. The topological polar surface area (TPSA) is 50.8 Å². The highest BCUT2D eigenvalue weighted by Crippen LogP contribution is 2.41. The van der Waals surface area contributed by atoms with Gasteiger partial charge in [0.15, 0.2) is 0 Å². The van der Waals surface area contributed by atoms with Crippen LogP contribution in [0.5, 0.6) is 5.75 Å². The molecule has 5 nitrogen and oxygen atoms in total. The van der Waals surface area contributed by atoms with Crippen molar-refractivity contribution in [3.05, 3.63) is 59.7 Å². The van der Waals surface area contributed by atoms with Crippen LogP contribution in [0.4, 0.5) is 5.69 Å². The summed E-state index contributed by atoms with van der Waals surface area (Å²) < 4.78 is 11.0. The minimum Gasteiger partial charge on any atom is -0.491 e. The number of methoxy groups -OCH3 is 1. The van der Waals surface area contributed by atoms with E-state index in [1.807, 2.05) is 60.4 Å². The van der Waals surface area contributed by atoms with Gasteiger partial charge in [0, 0.05) is 24.9 Å². The van der Waals surface area contributed by atoms with E-state index in [1.54, 1.807) is 7.11 Å². The summed E-state index contributed by atoms with van der Waals surface area (Å²) in [6, 6.07) is 15.5. The van der Waals surface area contributed by atoms with Gasteiger partial charge >= 0.3 is 0 Å². The molecule has 0 saturated carbocycles. The van der Waals surface area contributed by atoms with E-state index in [9.17, 15) is 4.79 Å². The normalized spacial score (nSPS) is 19.0. The highest BCUT2D eigenvalue weighted by molar-refractivity contribution is 6.02. The average molecular weight is 354 g/mol. The summed E-state index contributed by atoms with van der Waals surface area (Å²) in [6.45, 7) is 5.74. The number of fused-ring (bicyclic) bond motifs is 1. The van der Waals surface area contributed by atoms with E-state index in [4.69, 9.17) is 9.47 Å². The lowest BCUT2D eigenvalue weighted by Gasteiger charge is -2.47. The van der Waals surface area contributed by atoms with Crippen molar-refractivity contribution in [1.29, 1.82) is 0 Å². The molecule has 0 radical (unpaired) electrons. The fourth-order valence-corrected chi connectivity index (χ4v) is 3.45. The van der Waals surface area contributed by atoms with Gasteiger partial charge in [-0.25, -0.2) is 0 Å². The maximum absolute atomic E-state index is 13.2. The Morgan fingerprint density at radius 1 is 1.08 bits per heavy atom. The monoisotopic (exact) mass is 354 g/mol. The summed E-state index contributed by atoms with van der Waals surface area (Å²) in [4.78, 5) is 15.1. The third-order valence-electron chi connectivity index (χ3n) is 4.72. The van der Waals surface area contributed by atoms with Crippen LogP contribution in [0.25, 0.3) is 0 Å². The second kappa shape index (κ2) is 7.79. The molecule has 138 valence electrons. The molecule has 5 heteroatoms. The third kappa shape index (κ3) is 3.27. The second-order valence-electron chi connectivity index (χ2n) is 6.54. The summed E-state index contributed by atoms with van der Waals surface area (Å²) in [5, 5.41) is 3.58. The van der Waals surface area contributed by atoms with Crippen molar-refractivity contribution < 1.29 is 14.3 Å². The Hall–Kier alpha value is -2.53. The van der Waals surface area contributed by atoms with Gasteiger partial charge < -0.3 is 19.7 Å². The number of ether oxygens (including phenoxy) is 2. The van der Waals surface area contributed by atoms with Gasteiger partial charge in [0.25, 0.3) is 5.91 Å². The van der Waals surface area contributed by atoms with Crippen LogP contribution in [0.15, 0.2) is 48.5 Å². The minimum atomic E-state index is -0.689. The first-order chi connectivity index (χ1) is 12.6. The van der Waals surface area contributed by atoms with Gasteiger partial charge in [-0.05, 0) is 31.5 Å². The number of rotatable bonds is 7. The van der Waals surface area contributed by atoms with Gasteiger partial charge in [0.2, 0.25) is 0 Å². The number of hydrogen-bond acceptors (Lipinski definition) is 4. The number of hydrogen-bond donors (Lipinski definition) is 1. The maximum Gasteiger partial charge on any atom is 0.258 e. The molecular weight excluding hydrogens is 328 g/mol. The number of anilines is 1. The molecule has 0 aliphatic carbocycles. The Labute approximate surface area is 154 Å². The summed E-state index contributed by atoms with van der Waals surface area (Å²) in [6.07, 6.45) is 0.873. The summed E-state index contributed by atoms with van der Waals surface area (Å²) in [5.74, 6) is 0.795. The Morgan fingerprint density at radius 3 is 2.58 bits per heavy atom. The molecule has 1 atom stereocenters. The molecule has 1 aliphatic rings. The molecule has 26 heavy (non-hydrogen) atoms. The first-order valence-electron chi connectivity index (χ1n) is 9.02. The smallest absolute Gasteiger partial charge is 0.258 e. The van der Waals surface area contributed by atoms with Gasteiger partial charge in [0.1, 0.15) is 18.0 Å². The van der Waals surface area contributed by atoms with Crippen molar-refractivity contribution in [2.45, 2.75) is 25.9 Å². The van der Waals surface area contributed by atoms with E-state index in [1.165, 1.54) is 0 Å². The fraction of sp³-hybridized carbons (Fsp3) is 0.381. The molecule has 0 spiro atoms. The quantitative estimate of drug-likeness (QED) is 0.767. The molecule has 1 aliphatic heterocycles. The number of benzene rings is 2. The Balaban J connectivity index is 2.05. The van der Waals surface area contributed by atoms with Crippen molar-refractivity contribution in [3.8, 4) is 5.75 Å². The molecule has 2 aromatic carbocycles. The summed E-state index contributed by atoms with van der Waals surface area (Å²) >= 11 is 0. The molecule has 2 aromatic rings. The van der Waals surface area contributed by atoms with E-state index in [0.29, 0.717) is 25.3 Å². The van der Waals surface area contributed by atoms with Crippen LogP contribution in [-0.2, 0) is 10.4 Å². The minimum absolute atomic E-state index is 0.0374. The predicted molar refractivity (Wildman–Crippen MR) is 103 cm³/mol. The van der Waals surface area contributed by atoms with Crippen LogP contribution in [0.3, 0.4) is 0 Å². The number of carbonyl (C=O) groups is 1. The summed E-state index contributed by atoms with van der Waals surface area (Å²) in [5.41, 5.74) is 1.80. The molecule has 0 saturated heterocycles. The van der Waals surface area contributed by atoms with Crippen molar-refractivity contribution >= 4 is 11.6 Å². The zero-order valence-electron chi connectivity index (χ0n) is 15.6. The number of nitrogens with zero attached hydrogens (tertiary/aromatic N) is 1. The van der Waals surface area contributed by atoms with E-state index in [0.717, 1.165) is 23.4 Å². The molecule has 1 N–H and O–H groups in total. The molecule has 0 aromatic heterocycles. The molecule has 0 fully saturated rings. The number of nitrogens with one attached hydrogen (secondary N) is 1. The van der Waals surface area contributed by atoms with Crippen LogP contribution < -0.4 is 10.1 Å². The standard InChI is InChI=1S/C21H26N2O3/c1-4-13-23-20(24)16-9-5-7-11-18(16)22-21(23,2)17-10-6-8-12-19(17)26-15-14-25-3/h5-12,22H,4,13-15H2,1-3H3. The van der Waals surface area contributed by atoms with Gasteiger partial charge in [-0.2, -0.15) is 0 Å². The van der Waals surface area contributed by atoms with Crippen molar-refractivity contribution in [2.75, 3.05) is 32.2 Å². The van der Waals surface area contributed by atoms with Crippen molar-refractivity contribution in [2.24, 2.45) is 0 Å². The largest absolute Gasteiger partial charge is 0.491 e. The van der Waals surface area contributed by atoms with Crippen LogP contribution >= 0.6 is 0 Å². The second-order valence-corrected chi connectivity index (χ2v) is 6.54. The van der Waals surface area contributed by atoms with E-state index < -0.39 is 5.66 Å². The van der Waals surface area contributed by atoms with Gasteiger partial charge in [-0.3, -0.25) is 4.79 Å². The number of para-hydroxylation sites is 2. The SMILES string of the molecule is CCCN1C(=O)c2ccccc2NC1(C)c1ccccc1OCCOC. The van der Waals surface area contributed by atoms with Gasteiger partial charge in [-0.15, -0.1) is 0 Å². The lowest BCUT2D eigenvalue weighted by atomic mass is 9.92. The van der Waals surface area contributed by atoms with Crippen LogP contribution in [-0.4, -0.2) is 37.7 Å². The van der Waals surface area contributed by atoms with E-state index >= 15 is 0 Å². The molecular formula is C21H26N2O3.